The van der Waals surface area contributed by atoms with Crippen LogP contribution >= 0.6 is 27.5 Å². The Labute approximate surface area is 115 Å². The second-order valence-electron chi connectivity index (χ2n) is 4.62. The number of nitrogens with zero attached hydrogens (tertiary/aromatic N) is 1. The van der Waals surface area contributed by atoms with Gasteiger partial charge in [-0.3, -0.25) is 4.79 Å². The molecule has 2 nitrogen and oxygen atoms in total. The smallest absolute Gasteiger partial charge is 0.227 e. The van der Waals surface area contributed by atoms with Crippen LogP contribution in [0.15, 0.2) is 12.1 Å². The molecule has 1 unspecified atom stereocenters. The van der Waals surface area contributed by atoms with Crippen LogP contribution in [-0.4, -0.2) is 17.8 Å². The van der Waals surface area contributed by atoms with Crippen LogP contribution in [0.1, 0.15) is 17.5 Å². The Hall–Kier alpha value is -0.540. The number of benzene rings is 1. The van der Waals surface area contributed by atoms with Crippen molar-refractivity contribution in [1.29, 1.82) is 0 Å². The maximum absolute atomic E-state index is 12.0. The minimum atomic E-state index is 0.208. The number of aryl methyl sites for hydroxylation is 2. The molecule has 92 valence electrons. The second kappa shape index (κ2) is 4.99. The minimum absolute atomic E-state index is 0.208. The van der Waals surface area contributed by atoms with E-state index in [2.05, 4.69) is 15.9 Å². The summed E-state index contributed by atoms with van der Waals surface area (Å²) in [5.74, 6) is 0.622. The predicted octanol–water partition coefficient (Wildman–Crippen LogP) is 3.70. The molecular formula is C13H15BrClNO. The fraction of sp³-hybridized carbons (Fsp3) is 0.462. The Morgan fingerprint density at radius 1 is 1.41 bits per heavy atom. The fourth-order valence-corrected chi connectivity index (χ4v) is 2.83. The number of hydrogen-bond acceptors (Lipinski definition) is 1. The second-order valence-corrected chi connectivity index (χ2v) is 5.67. The first-order chi connectivity index (χ1) is 8.02. The Morgan fingerprint density at radius 3 is 2.71 bits per heavy atom. The Morgan fingerprint density at radius 2 is 2.12 bits per heavy atom. The van der Waals surface area contributed by atoms with Gasteiger partial charge in [-0.25, -0.2) is 0 Å². The molecule has 1 aromatic rings. The summed E-state index contributed by atoms with van der Waals surface area (Å²) < 4.78 is 0. The molecule has 1 fully saturated rings. The van der Waals surface area contributed by atoms with Crippen molar-refractivity contribution in [3.05, 3.63) is 28.3 Å². The lowest BCUT2D eigenvalue weighted by Crippen LogP contribution is -2.25. The number of alkyl halides is 1. The van der Waals surface area contributed by atoms with E-state index in [0.29, 0.717) is 12.3 Å². The van der Waals surface area contributed by atoms with Crippen LogP contribution in [0.2, 0.25) is 5.02 Å². The van der Waals surface area contributed by atoms with E-state index >= 15 is 0 Å². The molecule has 1 atom stereocenters. The third-order valence-electron chi connectivity index (χ3n) is 3.19. The average Bonchev–Trinajstić information content (AvgIpc) is 2.65. The molecule has 1 amide bonds. The molecule has 0 N–H and O–H groups in total. The van der Waals surface area contributed by atoms with Gasteiger partial charge in [-0.15, -0.1) is 0 Å². The molecule has 4 heteroatoms. The molecule has 0 saturated carbocycles. The molecule has 17 heavy (non-hydrogen) atoms. The third-order valence-corrected chi connectivity index (χ3v) is 4.51. The highest BCUT2D eigenvalue weighted by Crippen LogP contribution is 2.32. The minimum Gasteiger partial charge on any atom is -0.312 e. The number of carbonyl (C=O) groups is 1. The Kier molecular flexibility index (Phi) is 3.79. The molecule has 1 saturated heterocycles. The van der Waals surface area contributed by atoms with Crippen molar-refractivity contribution in [1.82, 2.24) is 0 Å². The monoisotopic (exact) mass is 315 g/mol. The number of carbonyl (C=O) groups excluding carboxylic acids is 1. The van der Waals surface area contributed by atoms with Gasteiger partial charge in [-0.1, -0.05) is 27.5 Å². The van der Waals surface area contributed by atoms with Gasteiger partial charge >= 0.3 is 0 Å². The fourth-order valence-electron chi connectivity index (χ4n) is 2.17. The summed E-state index contributed by atoms with van der Waals surface area (Å²) in [5, 5.41) is 1.64. The topological polar surface area (TPSA) is 20.3 Å². The summed E-state index contributed by atoms with van der Waals surface area (Å²) in [7, 11) is 0. The van der Waals surface area contributed by atoms with E-state index in [1.807, 2.05) is 30.9 Å². The molecule has 1 heterocycles. The molecular weight excluding hydrogens is 302 g/mol. The Balaban J connectivity index is 2.35. The summed E-state index contributed by atoms with van der Waals surface area (Å²) in [5.41, 5.74) is 3.08. The molecule has 0 bridgehead atoms. The van der Waals surface area contributed by atoms with Crippen molar-refractivity contribution in [2.75, 3.05) is 16.8 Å². The summed E-state index contributed by atoms with van der Waals surface area (Å²) in [6.45, 7) is 4.76. The molecule has 1 aromatic carbocycles. The lowest BCUT2D eigenvalue weighted by molar-refractivity contribution is -0.117. The van der Waals surface area contributed by atoms with Crippen molar-refractivity contribution >= 4 is 39.1 Å². The Bertz CT molecular complexity index is 461. The molecule has 2 rings (SSSR count). The third kappa shape index (κ3) is 2.50. The zero-order chi connectivity index (χ0) is 12.6. The van der Waals surface area contributed by atoms with E-state index < -0.39 is 0 Å². The highest BCUT2D eigenvalue weighted by atomic mass is 79.9. The number of anilines is 1. The maximum Gasteiger partial charge on any atom is 0.227 e. The highest BCUT2D eigenvalue weighted by molar-refractivity contribution is 9.09. The van der Waals surface area contributed by atoms with Crippen molar-refractivity contribution in [3.63, 3.8) is 0 Å². The van der Waals surface area contributed by atoms with Crippen molar-refractivity contribution in [2.45, 2.75) is 20.3 Å². The van der Waals surface area contributed by atoms with Crippen LogP contribution in [-0.2, 0) is 4.79 Å². The quantitative estimate of drug-likeness (QED) is 0.762. The summed E-state index contributed by atoms with van der Waals surface area (Å²) in [4.78, 5) is 13.8. The van der Waals surface area contributed by atoms with Gasteiger partial charge in [0.05, 0.1) is 0 Å². The van der Waals surface area contributed by atoms with Gasteiger partial charge in [-0.05, 0) is 43.0 Å². The lowest BCUT2D eigenvalue weighted by Gasteiger charge is -2.20. The van der Waals surface area contributed by atoms with Crippen molar-refractivity contribution < 1.29 is 4.79 Å². The first-order valence-corrected chi connectivity index (χ1v) is 7.16. The van der Waals surface area contributed by atoms with Crippen LogP contribution < -0.4 is 4.90 Å². The molecule has 1 aliphatic rings. The highest BCUT2D eigenvalue weighted by Gasteiger charge is 2.30. The first kappa shape index (κ1) is 12.9. The standard InChI is InChI=1S/C13H15BrClNO/c1-8-4-12(9(2)3-11(8)15)16-7-10(6-14)5-13(16)17/h3-4,10H,5-7H2,1-2H3. The molecule has 0 spiro atoms. The van der Waals surface area contributed by atoms with Gasteiger partial charge in [0.15, 0.2) is 0 Å². The number of amides is 1. The average molecular weight is 317 g/mol. The zero-order valence-electron chi connectivity index (χ0n) is 9.96. The van der Waals surface area contributed by atoms with E-state index in [1.54, 1.807) is 0 Å². The predicted molar refractivity (Wildman–Crippen MR) is 75.2 cm³/mol. The van der Waals surface area contributed by atoms with Crippen LogP contribution in [0.4, 0.5) is 5.69 Å². The van der Waals surface area contributed by atoms with Gasteiger partial charge in [0.1, 0.15) is 0 Å². The van der Waals surface area contributed by atoms with Crippen molar-refractivity contribution in [3.8, 4) is 0 Å². The molecule has 1 aliphatic heterocycles. The van der Waals surface area contributed by atoms with E-state index in [1.165, 1.54) is 0 Å². The van der Waals surface area contributed by atoms with Gasteiger partial charge in [0.2, 0.25) is 5.91 Å². The number of hydrogen-bond donors (Lipinski definition) is 0. The van der Waals surface area contributed by atoms with E-state index in [9.17, 15) is 4.79 Å². The van der Waals surface area contributed by atoms with E-state index in [0.717, 1.165) is 33.7 Å². The van der Waals surface area contributed by atoms with Crippen LogP contribution in [0.3, 0.4) is 0 Å². The summed E-state index contributed by atoms with van der Waals surface area (Å²) >= 11 is 9.52. The van der Waals surface area contributed by atoms with Crippen molar-refractivity contribution in [2.24, 2.45) is 5.92 Å². The zero-order valence-corrected chi connectivity index (χ0v) is 12.3. The van der Waals surface area contributed by atoms with Crippen LogP contribution in [0.25, 0.3) is 0 Å². The van der Waals surface area contributed by atoms with E-state index in [-0.39, 0.29) is 5.91 Å². The van der Waals surface area contributed by atoms with Gasteiger partial charge in [0.25, 0.3) is 0 Å². The largest absolute Gasteiger partial charge is 0.312 e. The van der Waals surface area contributed by atoms with Gasteiger partial charge in [-0.2, -0.15) is 0 Å². The molecule has 0 aliphatic carbocycles. The van der Waals surface area contributed by atoms with Gasteiger partial charge < -0.3 is 4.90 Å². The van der Waals surface area contributed by atoms with E-state index in [4.69, 9.17) is 11.6 Å². The lowest BCUT2D eigenvalue weighted by atomic mass is 10.1. The normalized spacial score (nSPS) is 20.1. The maximum atomic E-state index is 12.0. The summed E-state index contributed by atoms with van der Waals surface area (Å²) in [6.07, 6.45) is 0.631. The molecule has 0 radical (unpaired) electrons. The first-order valence-electron chi connectivity index (χ1n) is 5.66. The molecule has 0 aromatic heterocycles. The van der Waals surface area contributed by atoms with Crippen LogP contribution in [0.5, 0.6) is 0 Å². The number of rotatable bonds is 2. The van der Waals surface area contributed by atoms with Gasteiger partial charge in [0, 0.05) is 29.0 Å². The summed E-state index contributed by atoms with van der Waals surface area (Å²) in [6, 6.07) is 3.94. The number of halogens is 2. The van der Waals surface area contributed by atoms with Crippen LogP contribution in [0, 0.1) is 19.8 Å². The SMILES string of the molecule is Cc1cc(N2CC(CBr)CC2=O)c(C)cc1Cl.